The normalized spacial score (nSPS) is 11.7. The molecule has 3 rings (SSSR count). The summed E-state index contributed by atoms with van der Waals surface area (Å²) in [7, 11) is 2.71. The van der Waals surface area contributed by atoms with Crippen molar-refractivity contribution < 1.29 is 14.3 Å². The Bertz CT molecular complexity index is 978. The van der Waals surface area contributed by atoms with Crippen molar-refractivity contribution in [1.82, 2.24) is 0 Å². The molecule has 0 saturated heterocycles. The number of hydrogen-bond acceptors (Lipinski definition) is 3. The minimum atomic E-state index is -0.371. The van der Waals surface area contributed by atoms with Gasteiger partial charge in [-0.15, -0.1) is 9.24 Å². The second-order valence-electron chi connectivity index (χ2n) is 7.68. The zero-order valence-electron chi connectivity index (χ0n) is 17.9. The summed E-state index contributed by atoms with van der Waals surface area (Å²) >= 11 is 0. The van der Waals surface area contributed by atoms with Crippen LogP contribution in [-0.4, -0.2) is 5.97 Å². The number of rotatable bonds is 8. The topological polar surface area (TPSA) is 35.5 Å². The molecule has 2 atom stereocenters. The van der Waals surface area contributed by atoms with Gasteiger partial charge in [-0.1, -0.05) is 44.5 Å². The highest BCUT2D eigenvalue weighted by Gasteiger charge is 2.12. The summed E-state index contributed by atoms with van der Waals surface area (Å²) in [6, 6.07) is 21.1. The first-order valence-electron chi connectivity index (χ1n) is 10.4. The molecule has 0 radical (unpaired) electrons. The van der Waals surface area contributed by atoms with E-state index in [9.17, 15) is 4.79 Å². The van der Waals surface area contributed by atoms with Crippen LogP contribution in [0.25, 0.3) is 0 Å². The third kappa shape index (κ3) is 5.93. The van der Waals surface area contributed by atoms with Gasteiger partial charge < -0.3 is 9.47 Å². The lowest BCUT2D eigenvalue weighted by atomic mass is 9.99. The largest absolute Gasteiger partial charge is 0.457 e. The molecular formula is C26H29O3P. The molecule has 0 spiro atoms. The van der Waals surface area contributed by atoms with Crippen LogP contribution in [0.3, 0.4) is 0 Å². The van der Waals surface area contributed by atoms with E-state index in [-0.39, 0.29) is 5.97 Å². The highest BCUT2D eigenvalue weighted by atomic mass is 31.0. The van der Waals surface area contributed by atoms with E-state index in [2.05, 4.69) is 23.1 Å². The fourth-order valence-corrected chi connectivity index (χ4v) is 3.39. The summed E-state index contributed by atoms with van der Waals surface area (Å²) in [6.45, 7) is 6.36. The van der Waals surface area contributed by atoms with Gasteiger partial charge >= 0.3 is 5.97 Å². The van der Waals surface area contributed by atoms with Crippen LogP contribution in [0.5, 0.6) is 17.2 Å². The number of ether oxygens (including phenoxy) is 2. The van der Waals surface area contributed by atoms with E-state index in [4.69, 9.17) is 9.47 Å². The van der Waals surface area contributed by atoms with Gasteiger partial charge in [-0.3, -0.25) is 0 Å². The van der Waals surface area contributed by atoms with E-state index < -0.39 is 0 Å². The van der Waals surface area contributed by atoms with Crippen LogP contribution in [0.4, 0.5) is 0 Å². The summed E-state index contributed by atoms with van der Waals surface area (Å²) in [5, 5.41) is 0. The minimum Gasteiger partial charge on any atom is -0.457 e. The molecular weight excluding hydrogens is 391 g/mol. The molecule has 4 heteroatoms. The Kier molecular flexibility index (Phi) is 7.65. The average molecular weight is 420 g/mol. The zero-order chi connectivity index (χ0) is 21.5. The Labute approximate surface area is 181 Å². The van der Waals surface area contributed by atoms with Gasteiger partial charge in [0.05, 0.1) is 5.56 Å². The first-order chi connectivity index (χ1) is 14.5. The third-order valence-electron chi connectivity index (χ3n) is 5.21. The van der Waals surface area contributed by atoms with Crippen LogP contribution >= 0.6 is 9.24 Å². The lowest BCUT2D eigenvalue weighted by molar-refractivity contribution is 0.0734. The standard InChI is InChI=1S/C26H29O3P/c1-4-18(2)15-20-5-10-24(11-6-20)29-26(27)22-9-14-25(19(3)16-22)28-23-12-7-21(17-30)8-13-23/h5-14,16,18H,4,15,17,30H2,1-3H3. The first-order valence-corrected chi connectivity index (χ1v) is 11.2. The molecule has 0 aromatic heterocycles. The maximum Gasteiger partial charge on any atom is 0.343 e. The minimum absolute atomic E-state index is 0.371. The Hall–Kier alpha value is -2.64. The second-order valence-corrected chi connectivity index (χ2v) is 8.09. The van der Waals surface area contributed by atoms with E-state index >= 15 is 0 Å². The van der Waals surface area contributed by atoms with Crippen LogP contribution in [0, 0.1) is 12.8 Å². The Balaban J connectivity index is 1.64. The smallest absolute Gasteiger partial charge is 0.343 e. The summed E-state index contributed by atoms with van der Waals surface area (Å²) in [4.78, 5) is 12.6. The van der Waals surface area contributed by atoms with E-state index in [0.717, 1.165) is 36.1 Å². The van der Waals surface area contributed by atoms with Crippen LogP contribution in [0.1, 0.15) is 47.3 Å². The van der Waals surface area contributed by atoms with Gasteiger partial charge in [0.1, 0.15) is 17.2 Å². The third-order valence-corrected chi connectivity index (χ3v) is 5.68. The van der Waals surface area contributed by atoms with Crippen LogP contribution < -0.4 is 9.47 Å². The van der Waals surface area contributed by atoms with Crippen molar-refractivity contribution in [2.24, 2.45) is 5.92 Å². The highest BCUT2D eigenvalue weighted by Crippen LogP contribution is 2.27. The van der Waals surface area contributed by atoms with E-state index in [0.29, 0.717) is 17.2 Å². The van der Waals surface area contributed by atoms with Crippen LogP contribution in [-0.2, 0) is 12.6 Å². The lowest BCUT2D eigenvalue weighted by Gasteiger charge is -2.11. The van der Waals surface area contributed by atoms with Crippen LogP contribution in [0.15, 0.2) is 66.7 Å². The highest BCUT2D eigenvalue weighted by molar-refractivity contribution is 7.15. The molecule has 3 aromatic rings. The maximum absolute atomic E-state index is 12.6. The molecule has 0 amide bonds. The van der Waals surface area contributed by atoms with E-state index in [1.807, 2.05) is 61.5 Å². The van der Waals surface area contributed by atoms with E-state index in [1.54, 1.807) is 12.1 Å². The summed E-state index contributed by atoms with van der Waals surface area (Å²) in [5.41, 5.74) is 3.87. The van der Waals surface area contributed by atoms with Crippen molar-refractivity contribution in [1.29, 1.82) is 0 Å². The van der Waals surface area contributed by atoms with Gasteiger partial charge in [0.2, 0.25) is 0 Å². The second kappa shape index (κ2) is 10.4. The van der Waals surface area contributed by atoms with Crippen molar-refractivity contribution in [2.45, 2.75) is 39.8 Å². The van der Waals surface area contributed by atoms with Crippen molar-refractivity contribution >= 4 is 15.2 Å². The van der Waals surface area contributed by atoms with Gasteiger partial charge in [0.15, 0.2) is 0 Å². The molecule has 0 fully saturated rings. The monoisotopic (exact) mass is 420 g/mol. The number of hydrogen-bond donors (Lipinski definition) is 0. The molecule has 0 aliphatic carbocycles. The van der Waals surface area contributed by atoms with Crippen molar-refractivity contribution in [3.05, 3.63) is 89.0 Å². The molecule has 3 aromatic carbocycles. The Morgan fingerprint density at radius 3 is 2.17 bits per heavy atom. The van der Waals surface area contributed by atoms with Crippen molar-refractivity contribution in [2.75, 3.05) is 0 Å². The number of benzene rings is 3. The van der Waals surface area contributed by atoms with Gasteiger partial charge in [-0.25, -0.2) is 4.79 Å². The summed E-state index contributed by atoms with van der Waals surface area (Å²) in [6.07, 6.45) is 3.10. The molecule has 0 aliphatic rings. The summed E-state index contributed by atoms with van der Waals surface area (Å²) < 4.78 is 11.5. The quantitative estimate of drug-likeness (QED) is 0.224. The summed E-state index contributed by atoms with van der Waals surface area (Å²) in [5.74, 6) is 2.32. The first kappa shape index (κ1) is 22.1. The predicted molar refractivity (Wildman–Crippen MR) is 126 cm³/mol. The fraction of sp³-hybridized carbons (Fsp3) is 0.269. The maximum atomic E-state index is 12.6. The van der Waals surface area contributed by atoms with E-state index in [1.165, 1.54) is 11.1 Å². The lowest BCUT2D eigenvalue weighted by Crippen LogP contribution is -2.09. The van der Waals surface area contributed by atoms with Crippen LogP contribution in [0.2, 0.25) is 0 Å². The fourth-order valence-electron chi connectivity index (χ4n) is 3.12. The van der Waals surface area contributed by atoms with Gasteiger partial charge in [-0.2, -0.15) is 0 Å². The number of aryl methyl sites for hydroxylation is 1. The average Bonchev–Trinajstić information content (AvgIpc) is 2.76. The molecule has 0 aliphatic heterocycles. The molecule has 30 heavy (non-hydrogen) atoms. The van der Waals surface area contributed by atoms with Gasteiger partial charge in [0, 0.05) is 0 Å². The number of esters is 1. The Morgan fingerprint density at radius 1 is 0.933 bits per heavy atom. The Morgan fingerprint density at radius 2 is 1.57 bits per heavy atom. The number of carbonyl (C=O) groups is 1. The van der Waals surface area contributed by atoms with Crippen molar-refractivity contribution in [3.63, 3.8) is 0 Å². The van der Waals surface area contributed by atoms with Gasteiger partial charge in [-0.05, 0) is 84.6 Å². The molecule has 2 unspecified atom stereocenters. The molecule has 0 saturated carbocycles. The van der Waals surface area contributed by atoms with Gasteiger partial charge in [0.25, 0.3) is 0 Å². The SMILES string of the molecule is CCC(C)Cc1ccc(OC(=O)c2ccc(Oc3ccc(CP)cc3)c(C)c2)cc1. The predicted octanol–water partition coefficient (Wildman–Crippen LogP) is 6.97. The molecule has 0 bridgehead atoms. The van der Waals surface area contributed by atoms with Crippen molar-refractivity contribution in [3.8, 4) is 17.2 Å². The molecule has 3 nitrogen and oxygen atoms in total. The molecule has 0 heterocycles. The number of carbonyl (C=O) groups excluding carboxylic acids is 1. The molecule has 0 N–H and O–H groups in total. The zero-order valence-corrected chi connectivity index (χ0v) is 19.0. The molecule has 156 valence electrons.